The van der Waals surface area contributed by atoms with Gasteiger partial charge in [-0.2, -0.15) is 0 Å². The Bertz CT molecular complexity index is 241. The summed E-state index contributed by atoms with van der Waals surface area (Å²) in [6.07, 6.45) is 0.948. The predicted molar refractivity (Wildman–Crippen MR) is 58.4 cm³/mol. The average Bonchev–Trinajstić information content (AvgIpc) is 2.17. The lowest BCUT2D eigenvalue weighted by molar-refractivity contribution is -0.131. The van der Waals surface area contributed by atoms with Crippen LogP contribution >= 0.6 is 0 Å². The van der Waals surface area contributed by atoms with Gasteiger partial charge >= 0.3 is 0 Å². The summed E-state index contributed by atoms with van der Waals surface area (Å²) in [6.45, 7) is 8.17. The van der Waals surface area contributed by atoms with Crippen molar-refractivity contribution in [1.29, 1.82) is 0 Å². The minimum Gasteiger partial charge on any atom is -0.353 e. The molecule has 1 fully saturated rings. The van der Waals surface area contributed by atoms with Crippen LogP contribution in [0.15, 0.2) is 0 Å². The third-order valence-corrected chi connectivity index (χ3v) is 2.75. The Labute approximate surface area is 91.0 Å². The zero-order valence-electron chi connectivity index (χ0n) is 9.69. The maximum absolute atomic E-state index is 11.7. The monoisotopic (exact) mass is 212 g/mol. The van der Waals surface area contributed by atoms with E-state index < -0.39 is 0 Å². The summed E-state index contributed by atoms with van der Waals surface area (Å²) < 4.78 is 0. The maximum Gasteiger partial charge on any atom is 0.237 e. The second-order valence-corrected chi connectivity index (χ2v) is 4.59. The molecule has 0 aromatic rings. The molecule has 1 aliphatic heterocycles. The third kappa shape index (κ3) is 3.02. The summed E-state index contributed by atoms with van der Waals surface area (Å²) in [5, 5.41) is 2.87. The van der Waals surface area contributed by atoms with Crippen LogP contribution in [0, 0.1) is 11.8 Å². The summed E-state index contributed by atoms with van der Waals surface area (Å²) in [7, 11) is 0. The first kappa shape index (κ1) is 12.2. The van der Waals surface area contributed by atoms with Gasteiger partial charge in [-0.3, -0.25) is 9.69 Å². The highest BCUT2D eigenvalue weighted by atomic mass is 16.2. The van der Waals surface area contributed by atoms with E-state index in [1.165, 1.54) is 0 Å². The van der Waals surface area contributed by atoms with Crippen molar-refractivity contribution in [3.63, 3.8) is 0 Å². The summed E-state index contributed by atoms with van der Waals surface area (Å²) >= 11 is 0. The topological polar surface area (TPSA) is 49.4 Å². The number of hydrogen-bond donors (Lipinski definition) is 1. The molecule has 1 amide bonds. The summed E-state index contributed by atoms with van der Waals surface area (Å²) in [4.78, 5) is 24.4. The molecule has 1 heterocycles. The van der Waals surface area contributed by atoms with Crippen LogP contribution in [-0.2, 0) is 9.59 Å². The Hall–Kier alpha value is -0.900. The fraction of sp³-hybridized carbons (Fsp3) is 0.818. The highest BCUT2D eigenvalue weighted by Gasteiger charge is 2.32. The molecule has 2 unspecified atom stereocenters. The van der Waals surface area contributed by atoms with E-state index in [-0.39, 0.29) is 23.8 Å². The van der Waals surface area contributed by atoms with E-state index in [2.05, 4.69) is 10.2 Å². The number of nitrogens with zero attached hydrogens (tertiary/aromatic N) is 1. The van der Waals surface area contributed by atoms with Gasteiger partial charge in [0.25, 0.3) is 0 Å². The second kappa shape index (κ2) is 5.26. The van der Waals surface area contributed by atoms with Crippen LogP contribution < -0.4 is 5.32 Å². The SMILES string of the molecule is CC(C=O)CN1CCNC(=O)C1C(C)C. The highest BCUT2D eigenvalue weighted by molar-refractivity contribution is 5.82. The fourth-order valence-electron chi connectivity index (χ4n) is 2.07. The molecule has 0 aromatic heterocycles. The molecule has 1 rings (SSSR count). The molecule has 0 radical (unpaired) electrons. The van der Waals surface area contributed by atoms with Crippen molar-refractivity contribution >= 4 is 12.2 Å². The van der Waals surface area contributed by atoms with Crippen molar-refractivity contribution in [2.45, 2.75) is 26.8 Å². The predicted octanol–water partition coefficient (Wildman–Crippen LogP) is 0.278. The summed E-state index contributed by atoms with van der Waals surface area (Å²) in [5.74, 6) is 0.371. The van der Waals surface area contributed by atoms with Crippen LogP contribution in [0.2, 0.25) is 0 Å². The van der Waals surface area contributed by atoms with E-state index in [4.69, 9.17) is 0 Å². The molecule has 86 valence electrons. The molecule has 4 nitrogen and oxygen atoms in total. The molecule has 1 aliphatic rings. The number of carbonyl (C=O) groups is 2. The lowest BCUT2D eigenvalue weighted by atomic mass is 9.98. The van der Waals surface area contributed by atoms with E-state index >= 15 is 0 Å². The molecule has 0 spiro atoms. The zero-order chi connectivity index (χ0) is 11.4. The fourth-order valence-corrected chi connectivity index (χ4v) is 2.07. The summed E-state index contributed by atoms with van der Waals surface area (Å²) in [5.41, 5.74) is 0. The highest BCUT2D eigenvalue weighted by Crippen LogP contribution is 2.15. The van der Waals surface area contributed by atoms with Gasteiger partial charge < -0.3 is 10.1 Å². The van der Waals surface area contributed by atoms with Crippen LogP contribution in [0.3, 0.4) is 0 Å². The first-order chi connectivity index (χ1) is 7.06. The maximum atomic E-state index is 11.7. The van der Waals surface area contributed by atoms with Crippen molar-refractivity contribution < 1.29 is 9.59 Å². The standard InChI is InChI=1S/C11H20N2O2/c1-8(2)10-11(15)12-4-5-13(10)6-9(3)7-14/h7-10H,4-6H2,1-3H3,(H,12,15). The molecule has 0 bridgehead atoms. The van der Waals surface area contributed by atoms with Gasteiger partial charge in [-0.1, -0.05) is 20.8 Å². The number of carbonyl (C=O) groups excluding carboxylic acids is 2. The third-order valence-electron chi connectivity index (χ3n) is 2.75. The van der Waals surface area contributed by atoms with Crippen LogP contribution in [-0.4, -0.2) is 42.8 Å². The minimum atomic E-state index is -0.0823. The number of piperazine rings is 1. The van der Waals surface area contributed by atoms with E-state index in [1.807, 2.05) is 20.8 Å². The van der Waals surface area contributed by atoms with Gasteiger partial charge in [0.1, 0.15) is 6.29 Å². The van der Waals surface area contributed by atoms with Crippen LogP contribution in [0.1, 0.15) is 20.8 Å². The largest absolute Gasteiger partial charge is 0.353 e. The van der Waals surface area contributed by atoms with Gasteiger partial charge in [-0.05, 0) is 5.92 Å². The number of amides is 1. The van der Waals surface area contributed by atoms with Gasteiger partial charge in [-0.25, -0.2) is 0 Å². The van der Waals surface area contributed by atoms with E-state index in [1.54, 1.807) is 0 Å². The van der Waals surface area contributed by atoms with Crippen molar-refractivity contribution in [3.8, 4) is 0 Å². The first-order valence-corrected chi connectivity index (χ1v) is 5.53. The van der Waals surface area contributed by atoms with Crippen molar-refractivity contribution in [2.24, 2.45) is 11.8 Å². The first-order valence-electron chi connectivity index (χ1n) is 5.53. The van der Waals surface area contributed by atoms with Gasteiger partial charge in [0.2, 0.25) is 5.91 Å². The normalized spacial score (nSPS) is 25.1. The lowest BCUT2D eigenvalue weighted by Gasteiger charge is -2.37. The van der Waals surface area contributed by atoms with Crippen LogP contribution in [0.5, 0.6) is 0 Å². The van der Waals surface area contributed by atoms with Gasteiger partial charge in [-0.15, -0.1) is 0 Å². The molecule has 15 heavy (non-hydrogen) atoms. The van der Waals surface area contributed by atoms with Crippen molar-refractivity contribution in [2.75, 3.05) is 19.6 Å². The van der Waals surface area contributed by atoms with Crippen LogP contribution in [0.4, 0.5) is 0 Å². The molecule has 0 aromatic carbocycles. The Balaban J connectivity index is 2.66. The van der Waals surface area contributed by atoms with E-state index in [9.17, 15) is 9.59 Å². The van der Waals surface area contributed by atoms with Crippen molar-refractivity contribution in [3.05, 3.63) is 0 Å². The Morgan fingerprint density at radius 2 is 2.20 bits per heavy atom. The second-order valence-electron chi connectivity index (χ2n) is 4.59. The van der Waals surface area contributed by atoms with E-state index in [0.29, 0.717) is 13.1 Å². The molecule has 4 heteroatoms. The Morgan fingerprint density at radius 1 is 1.53 bits per heavy atom. The molecule has 0 aliphatic carbocycles. The minimum absolute atomic E-state index is 0.00264. The number of nitrogens with one attached hydrogen (secondary N) is 1. The molecule has 1 N–H and O–H groups in total. The number of rotatable bonds is 4. The van der Waals surface area contributed by atoms with Gasteiger partial charge in [0.05, 0.1) is 6.04 Å². The lowest BCUT2D eigenvalue weighted by Crippen LogP contribution is -2.58. The van der Waals surface area contributed by atoms with Crippen LogP contribution in [0.25, 0.3) is 0 Å². The Kier molecular flexibility index (Phi) is 4.27. The Morgan fingerprint density at radius 3 is 2.73 bits per heavy atom. The zero-order valence-corrected chi connectivity index (χ0v) is 9.69. The number of aldehydes is 1. The quantitative estimate of drug-likeness (QED) is 0.681. The smallest absolute Gasteiger partial charge is 0.237 e. The molecule has 1 saturated heterocycles. The van der Waals surface area contributed by atoms with Gasteiger partial charge in [0, 0.05) is 25.6 Å². The van der Waals surface area contributed by atoms with E-state index in [0.717, 1.165) is 12.8 Å². The number of hydrogen-bond acceptors (Lipinski definition) is 3. The van der Waals surface area contributed by atoms with Crippen molar-refractivity contribution in [1.82, 2.24) is 10.2 Å². The molecular weight excluding hydrogens is 192 g/mol. The molecule has 0 saturated carbocycles. The summed E-state index contributed by atoms with van der Waals surface area (Å²) in [6, 6.07) is -0.0823. The molecular formula is C11H20N2O2. The van der Waals surface area contributed by atoms with Gasteiger partial charge in [0.15, 0.2) is 0 Å². The molecule has 2 atom stereocenters. The average molecular weight is 212 g/mol.